The van der Waals surface area contributed by atoms with E-state index in [-0.39, 0.29) is 0 Å². The zero-order valence-corrected chi connectivity index (χ0v) is 16.1. The lowest BCUT2D eigenvalue weighted by Crippen LogP contribution is -2.17. The van der Waals surface area contributed by atoms with E-state index in [1.54, 1.807) is 0 Å². The van der Waals surface area contributed by atoms with E-state index in [2.05, 4.69) is 68.9 Å². The SMILES string of the molecule is Cc1ccc(C#Cc2ccccc2C(O)C#C[Si](C)(C)C)c(C)c1. The molecule has 0 amide bonds. The lowest BCUT2D eigenvalue weighted by molar-refractivity contribution is 0.238. The van der Waals surface area contributed by atoms with Gasteiger partial charge in [0.1, 0.15) is 14.2 Å². The molecule has 1 atom stereocenters. The molecule has 0 aliphatic carbocycles. The van der Waals surface area contributed by atoms with Gasteiger partial charge in [-0.1, -0.05) is 73.3 Å². The van der Waals surface area contributed by atoms with Crippen LogP contribution >= 0.6 is 0 Å². The summed E-state index contributed by atoms with van der Waals surface area (Å²) in [5.41, 5.74) is 8.24. The largest absolute Gasteiger partial charge is 0.376 e. The van der Waals surface area contributed by atoms with Gasteiger partial charge in [-0.3, -0.25) is 0 Å². The molecule has 1 N–H and O–H groups in total. The summed E-state index contributed by atoms with van der Waals surface area (Å²) in [6.45, 7) is 10.6. The van der Waals surface area contributed by atoms with Crippen LogP contribution in [0.15, 0.2) is 42.5 Å². The van der Waals surface area contributed by atoms with Crippen molar-refractivity contribution in [3.63, 3.8) is 0 Å². The molecule has 0 aliphatic rings. The third kappa shape index (κ3) is 5.13. The Balaban J connectivity index is 2.36. The number of aliphatic hydroxyl groups is 1. The summed E-state index contributed by atoms with van der Waals surface area (Å²) in [4.78, 5) is 0. The monoisotopic (exact) mass is 332 g/mol. The first-order valence-electron chi connectivity index (χ1n) is 8.15. The minimum atomic E-state index is -1.51. The summed E-state index contributed by atoms with van der Waals surface area (Å²) < 4.78 is 0. The molecule has 24 heavy (non-hydrogen) atoms. The minimum absolute atomic E-state index is 0.778. The van der Waals surface area contributed by atoms with Crippen molar-refractivity contribution in [2.75, 3.05) is 0 Å². The van der Waals surface area contributed by atoms with E-state index in [1.165, 1.54) is 11.1 Å². The number of rotatable bonds is 1. The highest BCUT2D eigenvalue weighted by Gasteiger charge is 2.11. The molecular weight excluding hydrogens is 308 g/mol. The molecule has 0 saturated carbocycles. The smallest absolute Gasteiger partial charge is 0.140 e. The van der Waals surface area contributed by atoms with Crippen molar-refractivity contribution in [3.8, 4) is 23.3 Å². The predicted octanol–water partition coefficient (Wildman–Crippen LogP) is 4.62. The topological polar surface area (TPSA) is 20.2 Å². The van der Waals surface area contributed by atoms with Crippen LogP contribution in [0.25, 0.3) is 0 Å². The molecular formula is C22H24OSi. The fourth-order valence-electron chi connectivity index (χ4n) is 2.30. The first-order chi connectivity index (χ1) is 11.3. The molecule has 122 valence electrons. The standard InChI is InChI=1S/C22H24OSi/c1-17-10-11-19(18(2)16-17)12-13-20-8-6-7-9-21(20)22(23)14-15-24(3,4)5/h6-11,16,22-23H,1-5H3. The van der Waals surface area contributed by atoms with Crippen LogP contribution < -0.4 is 0 Å². The van der Waals surface area contributed by atoms with Crippen LogP contribution in [0.1, 0.15) is 33.9 Å². The Morgan fingerprint density at radius 2 is 1.58 bits per heavy atom. The lowest BCUT2D eigenvalue weighted by atomic mass is 10.0. The minimum Gasteiger partial charge on any atom is -0.376 e. The van der Waals surface area contributed by atoms with Crippen LogP contribution in [0.4, 0.5) is 0 Å². The van der Waals surface area contributed by atoms with Crippen molar-refractivity contribution in [1.82, 2.24) is 0 Å². The maximum Gasteiger partial charge on any atom is 0.140 e. The maximum atomic E-state index is 10.4. The fourth-order valence-corrected chi connectivity index (χ4v) is 2.87. The van der Waals surface area contributed by atoms with E-state index < -0.39 is 14.2 Å². The van der Waals surface area contributed by atoms with Gasteiger partial charge in [0.25, 0.3) is 0 Å². The van der Waals surface area contributed by atoms with Crippen LogP contribution in [-0.2, 0) is 0 Å². The lowest BCUT2D eigenvalue weighted by Gasteiger charge is -2.09. The van der Waals surface area contributed by atoms with Gasteiger partial charge in [0.15, 0.2) is 0 Å². The first-order valence-corrected chi connectivity index (χ1v) is 11.7. The van der Waals surface area contributed by atoms with Gasteiger partial charge in [-0.25, -0.2) is 0 Å². The van der Waals surface area contributed by atoms with E-state index in [1.807, 2.05) is 30.3 Å². The van der Waals surface area contributed by atoms with Crippen molar-refractivity contribution in [2.45, 2.75) is 39.6 Å². The molecule has 2 rings (SSSR count). The Kier molecular flexibility index (Phi) is 5.68. The summed E-state index contributed by atoms with van der Waals surface area (Å²) >= 11 is 0. The average molecular weight is 333 g/mol. The third-order valence-corrected chi connectivity index (χ3v) is 4.45. The van der Waals surface area contributed by atoms with E-state index in [0.717, 1.165) is 16.7 Å². The zero-order chi connectivity index (χ0) is 17.7. The highest BCUT2D eigenvalue weighted by atomic mass is 28.3. The van der Waals surface area contributed by atoms with E-state index in [0.29, 0.717) is 0 Å². The maximum absolute atomic E-state index is 10.4. The van der Waals surface area contributed by atoms with Crippen LogP contribution in [0, 0.1) is 37.2 Å². The summed E-state index contributed by atoms with van der Waals surface area (Å²) in [5.74, 6) is 9.42. The quantitative estimate of drug-likeness (QED) is 0.597. The highest BCUT2D eigenvalue weighted by Crippen LogP contribution is 2.17. The Bertz CT molecular complexity index is 851. The Morgan fingerprint density at radius 1 is 0.917 bits per heavy atom. The van der Waals surface area contributed by atoms with Gasteiger partial charge in [-0.05, 0) is 31.5 Å². The molecule has 0 aliphatic heterocycles. The van der Waals surface area contributed by atoms with Crippen LogP contribution in [0.5, 0.6) is 0 Å². The molecule has 0 aromatic heterocycles. The molecule has 0 fully saturated rings. The first kappa shape index (κ1) is 18.1. The zero-order valence-electron chi connectivity index (χ0n) is 15.1. The van der Waals surface area contributed by atoms with Gasteiger partial charge in [-0.2, -0.15) is 0 Å². The van der Waals surface area contributed by atoms with Crippen LogP contribution in [0.2, 0.25) is 19.6 Å². The third-order valence-electron chi connectivity index (χ3n) is 3.55. The van der Waals surface area contributed by atoms with Gasteiger partial charge < -0.3 is 5.11 Å². The van der Waals surface area contributed by atoms with Gasteiger partial charge in [0, 0.05) is 16.7 Å². The number of hydrogen-bond donors (Lipinski definition) is 1. The fraction of sp³-hybridized carbons (Fsp3) is 0.273. The van der Waals surface area contributed by atoms with Gasteiger partial charge in [0.05, 0.1) is 0 Å². The summed E-state index contributed by atoms with van der Waals surface area (Å²) in [7, 11) is -1.51. The van der Waals surface area contributed by atoms with E-state index in [9.17, 15) is 5.11 Å². The second kappa shape index (κ2) is 7.54. The Hall–Kier alpha value is -2.26. The van der Waals surface area contributed by atoms with Crippen molar-refractivity contribution in [2.24, 2.45) is 0 Å². The van der Waals surface area contributed by atoms with Gasteiger partial charge in [-0.15, -0.1) is 5.54 Å². The Labute approximate surface area is 146 Å². The summed E-state index contributed by atoms with van der Waals surface area (Å²) in [6.07, 6.45) is -0.790. The second-order valence-electron chi connectivity index (χ2n) is 7.08. The molecule has 2 aromatic rings. The molecule has 0 bridgehead atoms. The normalized spacial score (nSPS) is 11.8. The highest BCUT2D eigenvalue weighted by molar-refractivity contribution is 6.83. The van der Waals surface area contributed by atoms with Crippen molar-refractivity contribution in [3.05, 3.63) is 70.3 Å². The number of benzene rings is 2. The number of hydrogen-bond acceptors (Lipinski definition) is 1. The summed E-state index contributed by atoms with van der Waals surface area (Å²) in [6, 6.07) is 13.9. The van der Waals surface area contributed by atoms with Gasteiger partial charge in [0.2, 0.25) is 0 Å². The predicted molar refractivity (Wildman–Crippen MR) is 104 cm³/mol. The van der Waals surface area contributed by atoms with Crippen LogP contribution in [-0.4, -0.2) is 13.2 Å². The molecule has 2 aromatic carbocycles. The van der Waals surface area contributed by atoms with E-state index >= 15 is 0 Å². The molecule has 2 heteroatoms. The average Bonchev–Trinajstić information content (AvgIpc) is 2.51. The second-order valence-corrected chi connectivity index (χ2v) is 11.8. The molecule has 0 spiro atoms. The number of aryl methyl sites for hydroxylation is 2. The molecule has 0 heterocycles. The van der Waals surface area contributed by atoms with Gasteiger partial charge >= 0.3 is 0 Å². The molecule has 1 nitrogen and oxygen atoms in total. The summed E-state index contributed by atoms with van der Waals surface area (Å²) in [5, 5.41) is 10.4. The van der Waals surface area contributed by atoms with Crippen molar-refractivity contribution >= 4 is 8.07 Å². The molecule has 1 unspecified atom stereocenters. The molecule has 0 radical (unpaired) electrons. The Morgan fingerprint density at radius 3 is 2.25 bits per heavy atom. The van der Waals surface area contributed by atoms with Crippen LogP contribution in [0.3, 0.4) is 0 Å². The van der Waals surface area contributed by atoms with Crippen molar-refractivity contribution < 1.29 is 5.11 Å². The van der Waals surface area contributed by atoms with Crippen molar-refractivity contribution in [1.29, 1.82) is 0 Å². The van der Waals surface area contributed by atoms with E-state index in [4.69, 9.17) is 0 Å². The molecule has 0 saturated heterocycles. The number of aliphatic hydroxyl groups excluding tert-OH is 1.